The summed E-state index contributed by atoms with van der Waals surface area (Å²) >= 11 is 0. The van der Waals surface area contributed by atoms with Crippen molar-refractivity contribution in [3.63, 3.8) is 0 Å². The lowest BCUT2D eigenvalue weighted by Crippen LogP contribution is -2.53. The van der Waals surface area contributed by atoms with Crippen LogP contribution < -0.4 is 33.6 Å². The highest BCUT2D eigenvalue weighted by molar-refractivity contribution is 7.43. The lowest BCUT2D eigenvalue weighted by molar-refractivity contribution is -0.341. The fraction of sp³-hybridized carbons (Fsp3) is 0.360. The Bertz CT molecular complexity index is 1700. The molecular formula is C25H26FN4O9P-2. The van der Waals surface area contributed by atoms with Crippen molar-refractivity contribution in [3.05, 3.63) is 59.0 Å². The van der Waals surface area contributed by atoms with Gasteiger partial charge < -0.3 is 37.8 Å². The second kappa shape index (κ2) is 11.3. The minimum Gasteiger partial charge on any atom is -0.790 e. The van der Waals surface area contributed by atoms with Gasteiger partial charge in [-0.3, -0.25) is 9.69 Å². The van der Waals surface area contributed by atoms with Gasteiger partial charge in [0.2, 0.25) is 5.75 Å². The molecule has 0 aliphatic carbocycles. The molecule has 13 nitrogen and oxygen atoms in total. The molecule has 15 heteroatoms. The highest BCUT2D eigenvalue weighted by Crippen LogP contribution is 2.39. The van der Waals surface area contributed by atoms with Crippen LogP contribution in [0.25, 0.3) is 0 Å². The first-order valence-corrected chi connectivity index (χ1v) is 12.7. The molecule has 0 spiro atoms. The quantitative estimate of drug-likeness (QED) is 0.316. The van der Waals surface area contributed by atoms with Crippen LogP contribution in [0.3, 0.4) is 0 Å². The number of nitrogens with zero attached hydrogens (tertiary/aromatic N) is 4. The number of carbonyl (C=O) groups is 1. The summed E-state index contributed by atoms with van der Waals surface area (Å²) in [6, 6.07) is 5.41. The number of amides is 1. The van der Waals surface area contributed by atoms with Crippen LogP contribution in [0.4, 0.5) is 10.2 Å². The Labute approximate surface area is 238 Å². The van der Waals surface area contributed by atoms with Crippen molar-refractivity contribution in [2.75, 3.05) is 33.0 Å². The number of hydrogen-bond acceptors (Lipinski definition) is 12. The molecule has 1 aliphatic rings. The van der Waals surface area contributed by atoms with Gasteiger partial charge in [0, 0.05) is 26.8 Å². The van der Waals surface area contributed by atoms with Crippen molar-refractivity contribution < 1.29 is 56.6 Å². The number of benzene rings is 1. The fourth-order valence-corrected chi connectivity index (χ4v) is 4.04. The first-order valence-electron chi connectivity index (χ1n) is 14.7. The molecule has 0 radical (unpaired) electrons. The zero-order valence-corrected chi connectivity index (χ0v) is 22.1. The highest BCUT2D eigenvalue weighted by atomic mass is 31.2. The molecule has 40 heavy (non-hydrogen) atoms. The van der Waals surface area contributed by atoms with E-state index in [4.69, 9.17) is 28.5 Å². The van der Waals surface area contributed by atoms with Crippen LogP contribution in [-0.2, 0) is 26.7 Å². The SMILES string of the molecule is [2H]c1nc(Cc2cc(OC)c(OC)c(OC)c2)nc(Cc2ccc3c(n2)N(COP(=O)([O-])[O-])C(=O)C(C([2H])([2H])[2H])(C([2H])([2H])[2H])O3)c1F. The number of rotatable bonds is 10. The summed E-state index contributed by atoms with van der Waals surface area (Å²) in [5, 5.41) is 0. The molecule has 214 valence electrons. The lowest BCUT2D eigenvalue weighted by atomic mass is 10.1. The maximum absolute atomic E-state index is 15.1. The molecule has 1 aromatic carbocycles. The molecule has 0 N–H and O–H groups in total. The van der Waals surface area contributed by atoms with Gasteiger partial charge in [0.25, 0.3) is 5.91 Å². The molecule has 0 fully saturated rings. The van der Waals surface area contributed by atoms with E-state index >= 15 is 4.39 Å². The van der Waals surface area contributed by atoms with Crippen molar-refractivity contribution in [1.82, 2.24) is 15.0 Å². The van der Waals surface area contributed by atoms with Crippen molar-refractivity contribution >= 4 is 19.5 Å². The van der Waals surface area contributed by atoms with E-state index < -0.39 is 69.7 Å². The fourth-order valence-electron chi connectivity index (χ4n) is 3.79. The number of anilines is 1. The maximum atomic E-state index is 15.1. The van der Waals surface area contributed by atoms with Crippen LogP contribution in [0.2, 0.25) is 0 Å². The van der Waals surface area contributed by atoms with Crippen LogP contribution >= 0.6 is 7.82 Å². The third kappa shape index (κ3) is 6.31. The number of carbonyl (C=O) groups excluding carboxylic acids is 1. The Hall–Kier alpha value is -3.84. The van der Waals surface area contributed by atoms with E-state index in [9.17, 15) is 19.1 Å². The molecule has 0 saturated heterocycles. The molecule has 3 aromatic rings. The minimum absolute atomic E-state index is 0.00829. The van der Waals surface area contributed by atoms with Crippen LogP contribution in [-0.4, -0.2) is 54.5 Å². The molecule has 2 aromatic heterocycles. The smallest absolute Gasteiger partial charge is 0.273 e. The Morgan fingerprint density at radius 1 is 1.12 bits per heavy atom. The molecule has 0 saturated carbocycles. The standard InChI is InChI=1S/C25H28FN4O9P/c1-25(2)24(31)30(13-38-40(32,33)34)23-18(39-25)7-6-15(28-23)11-17-16(26)12-27-21(29-17)10-14-8-19(35-3)22(37-5)20(9-14)36-4/h6-9,12H,10-11,13H2,1-5H3,(H2,32,33,34)/p-2/i1D3,2D3,12D. The van der Waals surface area contributed by atoms with E-state index in [0.29, 0.717) is 22.8 Å². The number of phosphoric ester groups is 1. The molecular weight excluding hydrogens is 550 g/mol. The van der Waals surface area contributed by atoms with Crippen LogP contribution in [0, 0.1) is 5.82 Å². The van der Waals surface area contributed by atoms with Crippen LogP contribution in [0.15, 0.2) is 30.4 Å². The van der Waals surface area contributed by atoms with E-state index in [2.05, 4.69) is 19.5 Å². The molecule has 4 rings (SSSR count). The number of aromatic nitrogens is 3. The van der Waals surface area contributed by atoms with Crippen LogP contribution in [0.1, 0.15) is 46.1 Å². The summed E-state index contributed by atoms with van der Waals surface area (Å²) in [5.41, 5.74) is -3.39. The summed E-state index contributed by atoms with van der Waals surface area (Å²) < 4.78 is 107. The number of halogens is 1. The summed E-state index contributed by atoms with van der Waals surface area (Å²) in [6.45, 7) is -8.71. The Morgan fingerprint density at radius 2 is 1.82 bits per heavy atom. The van der Waals surface area contributed by atoms with Gasteiger partial charge in [-0.2, -0.15) is 0 Å². The number of pyridine rings is 1. The van der Waals surface area contributed by atoms with E-state index in [1.54, 1.807) is 12.1 Å². The van der Waals surface area contributed by atoms with E-state index in [0.717, 1.165) is 6.07 Å². The number of ether oxygens (including phenoxy) is 4. The third-order valence-corrected chi connectivity index (χ3v) is 5.97. The van der Waals surface area contributed by atoms with Gasteiger partial charge in [-0.05, 0) is 43.5 Å². The zero-order valence-electron chi connectivity index (χ0n) is 28.2. The van der Waals surface area contributed by atoms with Crippen molar-refractivity contribution in [2.24, 2.45) is 0 Å². The van der Waals surface area contributed by atoms with Crippen molar-refractivity contribution in [1.29, 1.82) is 0 Å². The Kier molecular flexibility index (Phi) is 5.95. The summed E-state index contributed by atoms with van der Waals surface area (Å²) in [7, 11) is -1.52. The number of phosphoric acid groups is 1. The monoisotopic (exact) mass is 583 g/mol. The zero-order chi connectivity index (χ0) is 35.1. The van der Waals surface area contributed by atoms with E-state index in [1.807, 2.05) is 0 Å². The normalized spacial score (nSPS) is 17.6. The maximum Gasteiger partial charge on any atom is 0.273 e. The van der Waals surface area contributed by atoms with Gasteiger partial charge in [-0.15, -0.1) is 0 Å². The predicted octanol–water partition coefficient (Wildman–Crippen LogP) is 1.52. The highest BCUT2D eigenvalue weighted by Gasteiger charge is 2.42. The second-order valence-corrected chi connectivity index (χ2v) is 9.40. The van der Waals surface area contributed by atoms with E-state index in [-0.39, 0.29) is 28.5 Å². The summed E-state index contributed by atoms with van der Waals surface area (Å²) in [5.74, 6) is -3.15. The Morgan fingerprint density at radius 3 is 2.42 bits per heavy atom. The summed E-state index contributed by atoms with van der Waals surface area (Å²) in [6.07, 6.45) is -1.23. The summed E-state index contributed by atoms with van der Waals surface area (Å²) in [4.78, 5) is 48.4. The second-order valence-electron chi connectivity index (χ2n) is 8.25. The lowest BCUT2D eigenvalue weighted by Gasteiger charge is -2.39. The number of methoxy groups -OCH3 is 3. The average Bonchev–Trinajstić information content (AvgIpc) is 2.96. The first kappa shape index (κ1) is 21.0. The number of fused-ring (bicyclic) bond motifs is 1. The molecule has 1 aliphatic heterocycles. The van der Waals surface area contributed by atoms with Gasteiger partial charge in [0.05, 0.1) is 42.4 Å². The van der Waals surface area contributed by atoms with Gasteiger partial charge in [-0.25, -0.2) is 19.3 Å². The molecule has 1 amide bonds. The average molecular weight is 584 g/mol. The third-order valence-electron chi connectivity index (χ3n) is 5.54. The van der Waals surface area contributed by atoms with Gasteiger partial charge in [-0.1, -0.05) is 0 Å². The predicted molar refractivity (Wildman–Crippen MR) is 134 cm³/mol. The van der Waals surface area contributed by atoms with E-state index in [1.165, 1.54) is 27.4 Å². The molecule has 0 unspecified atom stereocenters. The minimum atomic E-state index is -5.78. The molecule has 0 bridgehead atoms. The van der Waals surface area contributed by atoms with Crippen molar-refractivity contribution in [3.8, 4) is 23.0 Å². The van der Waals surface area contributed by atoms with Crippen LogP contribution in [0.5, 0.6) is 23.0 Å². The van der Waals surface area contributed by atoms with Gasteiger partial charge in [0.15, 0.2) is 34.5 Å². The van der Waals surface area contributed by atoms with Crippen molar-refractivity contribution in [2.45, 2.75) is 32.1 Å². The Balaban J connectivity index is 1.75. The molecule has 3 heterocycles. The first-order chi connectivity index (χ1) is 21.8. The largest absolute Gasteiger partial charge is 0.790 e. The topological polar surface area (TPSA) is 168 Å². The molecule has 0 atom stereocenters. The van der Waals surface area contributed by atoms with Gasteiger partial charge >= 0.3 is 0 Å². The number of hydrogen-bond donors (Lipinski definition) is 0. The van der Waals surface area contributed by atoms with Gasteiger partial charge in [0.1, 0.15) is 12.6 Å².